The number of carbonyl (C=O) groups is 1. The van der Waals surface area contributed by atoms with Gasteiger partial charge in [-0.1, -0.05) is 0 Å². The zero-order valence-electron chi connectivity index (χ0n) is 10.3. The van der Waals surface area contributed by atoms with Crippen molar-refractivity contribution in [3.63, 3.8) is 0 Å². The van der Waals surface area contributed by atoms with E-state index in [1.807, 2.05) is 0 Å². The zero-order chi connectivity index (χ0) is 14.6. The number of methoxy groups -OCH3 is 1. The number of nitrogens with one attached hydrogen (secondary N) is 1. The zero-order valence-corrected chi connectivity index (χ0v) is 10.3. The predicted octanol–water partition coefficient (Wildman–Crippen LogP) is 1.88. The third kappa shape index (κ3) is 3.62. The van der Waals surface area contributed by atoms with Crippen molar-refractivity contribution in [1.29, 1.82) is 0 Å². The van der Waals surface area contributed by atoms with Gasteiger partial charge in [0.25, 0.3) is 5.69 Å². The van der Waals surface area contributed by atoms with E-state index in [1.165, 1.54) is 7.11 Å². The van der Waals surface area contributed by atoms with E-state index < -0.39 is 28.0 Å². The second-order valence-corrected chi connectivity index (χ2v) is 3.84. The van der Waals surface area contributed by atoms with Gasteiger partial charge < -0.3 is 15.2 Å². The lowest BCUT2D eigenvalue weighted by molar-refractivity contribution is -0.384. The van der Waals surface area contributed by atoms with Crippen LogP contribution in [-0.2, 0) is 4.74 Å². The molecule has 8 heteroatoms. The number of hydrogen-bond acceptors (Lipinski definition) is 5. The fourth-order valence-electron chi connectivity index (χ4n) is 1.36. The normalized spacial score (nSPS) is 11.9. The summed E-state index contributed by atoms with van der Waals surface area (Å²) < 4.78 is 18.4. The fraction of sp³-hybridized carbons (Fsp3) is 0.364. The minimum absolute atomic E-state index is 0.0867. The largest absolute Gasteiger partial charge is 0.478 e. The van der Waals surface area contributed by atoms with E-state index in [0.29, 0.717) is 6.07 Å². The maximum Gasteiger partial charge on any atom is 0.338 e. The highest BCUT2D eigenvalue weighted by Crippen LogP contribution is 2.28. The van der Waals surface area contributed by atoms with Gasteiger partial charge in [0.2, 0.25) is 0 Å². The highest BCUT2D eigenvalue weighted by Gasteiger charge is 2.21. The maximum absolute atomic E-state index is 13.5. The summed E-state index contributed by atoms with van der Waals surface area (Å²) in [7, 11) is 1.47. The number of nitro benzene ring substituents is 1. The summed E-state index contributed by atoms with van der Waals surface area (Å²) in [5, 5.41) is 22.2. The van der Waals surface area contributed by atoms with Gasteiger partial charge in [-0.2, -0.15) is 0 Å². The van der Waals surface area contributed by atoms with Crippen LogP contribution in [0.4, 0.5) is 15.8 Å². The molecule has 0 aliphatic rings. The van der Waals surface area contributed by atoms with Gasteiger partial charge in [0.15, 0.2) is 0 Å². The van der Waals surface area contributed by atoms with E-state index in [-0.39, 0.29) is 18.3 Å². The molecular weight excluding hydrogens is 259 g/mol. The number of nitro groups is 1. The Morgan fingerprint density at radius 2 is 2.26 bits per heavy atom. The number of hydrogen-bond donors (Lipinski definition) is 2. The van der Waals surface area contributed by atoms with Gasteiger partial charge >= 0.3 is 5.97 Å². The van der Waals surface area contributed by atoms with Crippen molar-refractivity contribution in [1.82, 2.24) is 0 Å². The first-order valence-electron chi connectivity index (χ1n) is 5.34. The molecule has 0 saturated heterocycles. The number of benzene rings is 1. The van der Waals surface area contributed by atoms with Crippen molar-refractivity contribution >= 4 is 17.3 Å². The number of carboxylic acid groups (broad SMARTS) is 1. The van der Waals surface area contributed by atoms with Crippen molar-refractivity contribution in [3.8, 4) is 0 Å². The van der Waals surface area contributed by atoms with Crippen LogP contribution in [0.15, 0.2) is 12.1 Å². The molecule has 0 saturated carbocycles. The van der Waals surface area contributed by atoms with Crippen LogP contribution in [0.2, 0.25) is 0 Å². The average Bonchev–Trinajstić information content (AvgIpc) is 2.34. The predicted molar refractivity (Wildman–Crippen MR) is 65.0 cm³/mol. The molecule has 0 radical (unpaired) electrons. The number of anilines is 1. The van der Waals surface area contributed by atoms with Crippen molar-refractivity contribution in [2.75, 3.05) is 19.0 Å². The second kappa shape index (κ2) is 6.10. The van der Waals surface area contributed by atoms with Gasteiger partial charge in [-0.15, -0.1) is 0 Å². The molecule has 7 nitrogen and oxygen atoms in total. The molecule has 0 heterocycles. The van der Waals surface area contributed by atoms with Gasteiger partial charge in [-0.05, 0) is 6.92 Å². The maximum atomic E-state index is 13.5. The molecule has 1 aromatic rings. The average molecular weight is 272 g/mol. The highest BCUT2D eigenvalue weighted by atomic mass is 19.1. The summed E-state index contributed by atoms with van der Waals surface area (Å²) in [6.45, 7) is 1.95. The van der Waals surface area contributed by atoms with Crippen LogP contribution in [0.1, 0.15) is 17.3 Å². The van der Waals surface area contributed by atoms with Crippen LogP contribution in [0.3, 0.4) is 0 Å². The molecule has 0 aliphatic carbocycles. The standard InChI is InChI=1S/C11H13FN2O5/c1-6(19-2)5-13-9-4-8(12)7(11(15)16)3-10(9)14(17)18/h3-4,6,13H,5H2,1-2H3,(H,15,16). The van der Waals surface area contributed by atoms with E-state index in [0.717, 1.165) is 6.07 Å². The molecule has 1 aromatic carbocycles. The highest BCUT2D eigenvalue weighted by molar-refractivity contribution is 5.90. The Balaban J connectivity index is 3.12. The van der Waals surface area contributed by atoms with Crippen LogP contribution >= 0.6 is 0 Å². The monoisotopic (exact) mass is 272 g/mol. The molecule has 1 rings (SSSR count). The minimum atomic E-state index is -1.56. The Kier molecular flexibility index (Phi) is 4.76. The van der Waals surface area contributed by atoms with Gasteiger partial charge in [-0.3, -0.25) is 10.1 Å². The van der Waals surface area contributed by atoms with Crippen molar-refractivity contribution in [2.24, 2.45) is 0 Å². The third-order valence-corrected chi connectivity index (χ3v) is 2.49. The van der Waals surface area contributed by atoms with E-state index in [2.05, 4.69) is 5.32 Å². The number of halogens is 1. The lowest BCUT2D eigenvalue weighted by Gasteiger charge is -2.12. The van der Waals surface area contributed by atoms with E-state index in [1.54, 1.807) is 6.92 Å². The second-order valence-electron chi connectivity index (χ2n) is 3.84. The molecule has 19 heavy (non-hydrogen) atoms. The van der Waals surface area contributed by atoms with Gasteiger partial charge in [0.05, 0.1) is 11.0 Å². The SMILES string of the molecule is COC(C)CNc1cc(F)c(C(=O)O)cc1[N+](=O)[O-]. The molecule has 104 valence electrons. The van der Waals surface area contributed by atoms with Crippen molar-refractivity contribution in [3.05, 3.63) is 33.6 Å². The van der Waals surface area contributed by atoms with Gasteiger partial charge in [0.1, 0.15) is 17.1 Å². The summed E-state index contributed by atoms with van der Waals surface area (Å²) in [5.74, 6) is -2.59. The number of carboxylic acids is 1. The summed E-state index contributed by atoms with van der Waals surface area (Å²) in [6, 6.07) is 1.49. The minimum Gasteiger partial charge on any atom is -0.478 e. The van der Waals surface area contributed by atoms with Crippen LogP contribution < -0.4 is 5.32 Å². The summed E-state index contributed by atoms with van der Waals surface area (Å²) >= 11 is 0. The van der Waals surface area contributed by atoms with Crippen LogP contribution in [0.25, 0.3) is 0 Å². The smallest absolute Gasteiger partial charge is 0.338 e. The number of nitrogens with zero attached hydrogens (tertiary/aromatic N) is 1. The molecule has 0 aliphatic heterocycles. The van der Waals surface area contributed by atoms with Crippen LogP contribution in [-0.4, -0.2) is 35.8 Å². The first kappa shape index (κ1) is 14.8. The quantitative estimate of drug-likeness (QED) is 0.605. The third-order valence-electron chi connectivity index (χ3n) is 2.49. The molecule has 0 amide bonds. The first-order chi connectivity index (χ1) is 8.86. The Labute approximate surface area is 108 Å². The molecule has 2 N–H and O–H groups in total. The molecule has 0 bridgehead atoms. The molecular formula is C11H13FN2O5. The molecule has 0 fully saturated rings. The summed E-state index contributed by atoms with van der Waals surface area (Å²) in [5.41, 5.74) is -1.32. The van der Waals surface area contributed by atoms with E-state index in [4.69, 9.17) is 9.84 Å². The Hall–Kier alpha value is -2.22. The van der Waals surface area contributed by atoms with Gasteiger partial charge in [0, 0.05) is 25.8 Å². The Morgan fingerprint density at radius 1 is 1.63 bits per heavy atom. The Morgan fingerprint density at radius 3 is 2.74 bits per heavy atom. The Bertz CT molecular complexity index is 506. The summed E-state index contributed by atoms with van der Waals surface area (Å²) in [4.78, 5) is 20.8. The topological polar surface area (TPSA) is 102 Å². The molecule has 1 unspecified atom stereocenters. The summed E-state index contributed by atoms with van der Waals surface area (Å²) in [6.07, 6.45) is -0.234. The number of ether oxygens (including phenoxy) is 1. The first-order valence-corrected chi connectivity index (χ1v) is 5.34. The van der Waals surface area contributed by atoms with Crippen molar-refractivity contribution < 1.29 is 24.0 Å². The lowest BCUT2D eigenvalue weighted by Crippen LogP contribution is -2.19. The molecule has 0 spiro atoms. The fourth-order valence-corrected chi connectivity index (χ4v) is 1.36. The van der Waals surface area contributed by atoms with Crippen LogP contribution in [0.5, 0.6) is 0 Å². The molecule has 0 aromatic heterocycles. The van der Waals surface area contributed by atoms with Gasteiger partial charge in [-0.25, -0.2) is 9.18 Å². The van der Waals surface area contributed by atoms with Crippen LogP contribution in [0, 0.1) is 15.9 Å². The van der Waals surface area contributed by atoms with Crippen molar-refractivity contribution in [2.45, 2.75) is 13.0 Å². The number of rotatable bonds is 6. The lowest BCUT2D eigenvalue weighted by atomic mass is 10.1. The van der Waals surface area contributed by atoms with E-state index in [9.17, 15) is 19.3 Å². The van der Waals surface area contributed by atoms with E-state index >= 15 is 0 Å². The molecule has 1 atom stereocenters. The number of aromatic carboxylic acids is 1.